The number of urea groups is 1. The van der Waals surface area contributed by atoms with Gasteiger partial charge in [0.25, 0.3) is 5.91 Å². The summed E-state index contributed by atoms with van der Waals surface area (Å²) in [6.45, 7) is 3.93. The molecule has 3 aliphatic rings. The minimum Gasteiger partial charge on any atom is -0.341 e. The van der Waals surface area contributed by atoms with Gasteiger partial charge in [0.2, 0.25) is 5.91 Å². The van der Waals surface area contributed by atoms with Crippen molar-refractivity contribution in [3.8, 4) is 0 Å². The molecule has 2 N–H and O–H groups in total. The number of imide groups is 1. The van der Waals surface area contributed by atoms with E-state index in [-0.39, 0.29) is 24.3 Å². The number of carbonyl (C=O) groups is 3. The van der Waals surface area contributed by atoms with E-state index >= 15 is 0 Å². The molecule has 2 atom stereocenters. The molecule has 1 aliphatic carbocycles. The summed E-state index contributed by atoms with van der Waals surface area (Å²) in [5.41, 5.74) is -0.812. The van der Waals surface area contributed by atoms with E-state index in [9.17, 15) is 14.4 Å². The molecule has 7 nitrogen and oxygen atoms in total. The van der Waals surface area contributed by atoms with Crippen LogP contribution in [0.15, 0.2) is 0 Å². The summed E-state index contributed by atoms with van der Waals surface area (Å²) in [5, 5.41) is 5.93. The zero-order valence-corrected chi connectivity index (χ0v) is 13.9. The van der Waals surface area contributed by atoms with E-state index in [1.165, 1.54) is 0 Å². The number of hydrogen-bond donors (Lipinski definition) is 2. The number of likely N-dealkylation sites (tertiary alicyclic amines) is 1. The Hall–Kier alpha value is -1.63. The molecule has 3 fully saturated rings. The van der Waals surface area contributed by atoms with Crippen LogP contribution in [-0.2, 0) is 9.59 Å². The van der Waals surface area contributed by atoms with E-state index in [1.54, 1.807) is 11.8 Å². The van der Waals surface area contributed by atoms with E-state index < -0.39 is 11.6 Å². The maximum Gasteiger partial charge on any atom is 0.325 e. The average Bonchev–Trinajstić information content (AvgIpc) is 3.34. The Kier molecular flexibility index (Phi) is 4.31. The van der Waals surface area contributed by atoms with Crippen molar-refractivity contribution >= 4 is 17.8 Å². The first kappa shape index (κ1) is 16.2. The molecule has 3 rings (SSSR count). The van der Waals surface area contributed by atoms with E-state index in [2.05, 4.69) is 10.6 Å². The first-order chi connectivity index (χ1) is 11.0. The minimum atomic E-state index is -0.812. The smallest absolute Gasteiger partial charge is 0.325 e. The van der Waals surface area contributed by atoms with Gasteiger partial charge in [0.1, 0.15) is 12.1 Å². The van der Waals surface area contributed by atoms with Crippen molar-refractivity contribution in [2.75, 3.05) is 33.2 Å². The van der Waals surface area contributed by atoms with Crippen molar-refractivity contribution in [2.45, 2.75) is 38.1 Å². The largest absolute Gasteiger partial charge is 0.341 e. The van der Waals surface area contributed by atoms with Gasteiger partial charge < -0.3 is 15.5 Å². The Morgan fingerprint density at radius 1 is 1.35 bits per heavy atom. The molecule has 2 aliphatic heterocycles. The molecule has 2 heterocycles. The Labute approximate surface area is 136 Å². The topological polar surface area (TPSA) is 81.8 Å². The van der Waals surface area contributed by atoms with Gasteiger partial charge in [-0.3, -0.25) is 14.5 Å². The second-order valence-corrected chi connectivity index (χ2v) is 7.20. The maximum absolute atomic E-state index is 12.6. The lowest BCUT2D eigenvalue weighted by Crippen LogP contribution is -2.49. The van der Waals surface area contributed by atoms with E-state index in [4.69, 9.17) is 0 Å². The number of rotatable bonds is 5. The summed E-state index contributed by atoms with van der Waals surface area (Å²) in [4.78, 5) is 40.1. The summed E-state index contributed by atoms with van der Waals surface area (Å²) < 4.78 is 0. The molecule has 0 radical (unpaired) electrons. The quantitative estimate of drug-likeness (QED) is 0.707. The van der Waals surface area contributed by atoms with Crippen LogP contribution in [0.4, 0.5) is 4.79 Å². The van der Waals surface area contributed by atoms with Gasteiger partial charge in [0, 0.05) is 13.1 Å². The van der Waals surface area contributed by atoms with Crippen molar-refractivity contribution in [1.29, 1.82) is 0 Å². The molecule has 0 spiro atoms. The normalized spacial score (nSPS) is 31.5. The molecule has 2 saturated heterocycles. The van der Waals surface area contributed by atoms with E-state index in [1.807, 2.05) is 7.05 Å². The van der Waals surface area contributed by atoms with Crippen LogP contribution in [-0.4, -0.2) is 66.4 Å². The van der Waals surface area contributed by atoms with E-state index in [0.29, 0.717) is 19.0 Å². The zero-order chi connectivity index (χ0) is 16.6. The van der Waals surface area contributed by atoms with E-state index in [0.717, 1.165) is 37.1 Å². The molecule has 0 aromatic heterocycles. The van der Waals surface area contributed by atoms with Crippen LogP contribution in [0.1, 0.15) is 32.6 Å². The molecule has 2 unspecified atom stereocenters. The maximum atomic E-state index is 12.6. The molecule has 128 valence electrons. The van der Waals surface area contributed by atoms with Gasteiger partial charge in [-0.05, 0) is 58.0 Å². The first-order valence-corrected chi connectivity index (χ1v) is 8.52. The fraction of sp³-hybridized carbons (Fsp3) is 0.812. The third kappa shape index (κ3) is 3.06. The van der Waals surface area contributed by atoms with Crippen LogP contribution in [0.2, 0.25) is 0 Å². The van der Waals surface area contributed by atoms with Crippen molar-refractivity contribution in [2.24, 2.45) is 11.8 Å². The molecule has 0 bridgehead atoms. The van der Waals surface area contributed by atoms with Gasteiger partial charge in [-0.25, -0.2) is 4.79 Å². The minimum absolute atomic E-state index is 0.130. The van der Waals surface area contributed by atoms with Crippen molar-refractivity contribution in [1.82, 2.24) is 20.4 Å². The van der Waals surface area contributed by atoms with Gasteiger partial charge in [-0.2, -0.15) is 0 Å². The lowest BCUT2D eigenvalue weighted by atomic mass is 9.96. The number of carbonyl (C=O) groups excluding carboxylic acids is 3. The van der Waals surface area contributed by atoms with Crippen LogP contribution in [0.25, 0.3) is 0 Å². The SMILES string of the molecule is CNCC1CCCN(C(=O)CN2C(=O)NC(C)(C3CC3)C2=O)C1. The lowest BCUT2D eigenvalue weighted by molar-refractivity contribution is -0.140. The molecule has 0 aromatic rings. The highest BCUT2D eigenvalue weighted by Crippen LogP contribution is 2.42. The molecule has 23 heavy (non-hydrogen) atoms. The zero-order valence-electron chi connectivity index (χ0n) is 13.9. The van der Waals surface area contributed by atoms with Crippen molar-refractivity contribution < 1.29 is 14.4 Å². The number of amides is 4. The number of piperidine rings is 1. The summed E-state index contributed by atoms with van der Waals surface area (Å²) in [7, 11) is 1.91. The van der Waals surface area contributed by atoms with Crippen molar-refractivity contribution in [3.63, 3.8) is 0 Å². The fourth-order valence-electron chi connectivity index (χ4n) is 3.78. The van der Waals surface area contributed by atoms with Gasteiger partial charge in [-0.1, -0.05) is 0 Å². The molecular formula is C16H26N4O3. The third-order valence-electron chi connectivity index (χ3n) is 5.35. The molecular weight excluding hydrogens is 296 g/mol. The standard InChI is InChI=1S/C16H26N4O3/c1-16(12-5-6-12)14(22)20(15(23)18-16)10-13(21)19-7-3-4-11(9-19)8-17-2/h11-12,17H,3-10H2,1-2H3,(H,18,23). The predicted octanol–water partition coefficient (Wildman–Crippen LogP) is 0.165. The number of hydrogen-bond acceptors (Lipinski definition) is 4. The Bertz CT molecular complexity index is 517. The third-order valence-corrected chi connectivity index (χ3v) is 5.35. The molecule has 7 heteroatoms. The molecule has 0 aromatic carbocycles. The Morgan fingerprint density at radius 2 is 2.09 bits per heavy atom. The number of nitrogens with zero attached hydrogens (tertiary/aromatic N) is 2. The molecule has 4 amide bonds. The highest BCUT2D eigenvalue weighted by molar-refractivity contribution is 6.09. The summed E-state index contributed by atoms with van der Waals surface area (Å²) in [6, 6.07) is -0.429. The second kappa shape index (κ2) is 6.11. The Morgan fingerprint density at radius 3 is 2.74 bits per heavy atom. The molecule has 1 saturated carbocycles. The van der Waals surface area contributed by atoms with Crippen molar-refractivity contribution in [3.05, 3.63) is 0 Å². The van der Waals surface area contributed by atoms with Crippen LogP contribution >= 0.6 is 0 Å². The summed E-state index contributed by atoms with van der Waals surface area (Å²) in [5.74, 6) is 0.281. The van der Waals surface area contributed by atoms with Crippen LogP contribution < -0.4 is 10.6 Å². The van der Waals surface area contributed by atoms with Gasteiger partial charge >= 0.3 is 6.03 Å². The number of nitrogens with one attached hydrogen (secondary N) is 2. The van der Waals surface area contributed by atoms with Crippen LogP contribution in [0, 0.1) is 11.8 Å². The van der Waals surface area contributed by atoms with Gasteiger partial charge in [-0.15, -0.1) is 0 Å². The summed E-state index contributed by atoms with van der Waals surface area (Å²) in [6.07, 6.45) is 4.00. The Balaban J connectivity index is 1.61. The average molecular weight is 322 g/mol. The predicted molar refractivity (Wildman–Crippen MR) is 84.6 cm³/mol. The van der Waals surface area contributed by atoms with Gasteiger partial charge in [0.15, 0.2) is 0 Å². The fourth-order valence-corrected chi connectivity index (χ4v) is 3.78. The van der Waals surface area contributed by atoms with Crippen LogP contribution in [0.3, 0.4) is 0 Å². The van der Waals surface area contributed by atoms with Crippen LogP contribution in [0.5, 0.6) is 0 Å². The van der Waals surface area contributed by atoms with Gasteiger partial charge in [0.05, 0.1) is 0 Å². The second-order valence-electron chi connectivity index (χ2n) is 7.20. The summed E-state index contributed by atoms with van der Waals surface area (Å²) >= 11 is 0. The first-order valence-electron chi connectivity index (χ1n) is 8.52. The highest BCUT2D eigenvalue weighted by Gasteiger charge is 2.56. The monoisotopic (exact) mass is 322 g/mol. The highest BCUT2D eigenvalue weighted by atomic mass is 16.2. The lowest BCUT2D eigenvalue weighted by Gasteiger charge is -2.33.